The minimum Gasteiger partial charge on any atom is -0.508 e. The number of phenols is 1. The summed E-state index contributed by atoms with van der Waals surface area (Å²) in [7, 11) is 1.72. The molecule has 0 bridgehead atoms. The number of anilines is 1. The summed E-state index contributed by atoms with van der Waals surface area (Å²) in [6.07, 6.45) is 0. The van der Waals surface area contributed by atoms with E-state index < -0.39 is 12.0 Å². The summed E-state index contributed by atoms with van der Waals surface area (Å²) >= 11 is 0. The van der Waals surface area contributed by atoms with Gasteiger partial charge < -0.3 is 15.1 Å². The Balaban J connectivity index is 2.35. The van der Waals surface area contributed by atoms with E-state index in [2.05, 4.69) is 0 Å². The molecule has 2 rings (SSSR count). The van der Waals surface area contributed by atoms with Gasteiger partial charge in [-0.25, -0.2) is 4.79 Å². The third-order valence-electron chi connectivity index (χ3n) is 2.99. The molecular formula is C15H15NO3. The van der Waals surface area contributed by atoms with E-state index in [9.17, 15) is 15.0 Å². The highest BCUT2D eigenvalue weighted by Gasteiger charge is 2.24. The molecule has 0 aliphatic heterocycles. The van der Waals surface area contributed by atoms with Crippen molar-refractivity contribution >= 4 is 11.7 Å². The molecule has 98 valence electrons. The van der Waals surface area contributed by atoms with Crippen molar-refractivity contribution in [2.24, 2.45) is 0 Å². The first kappa shape index (κ1) is 13.0. The molecule has 2 aromatic rings. The number of hydrogen-bond acceptors (Lipinski definition) is 3. The van der Waals surface area contributed by atoms with Gasteiger partial charge in [-0.15, -0.1) is 0 Å². The van der Waals surface area contributed by atoms with Crippen molar-refractivity contribution in [1.82, 2.24) is 0 Å². The summed E-state index contributed by atoms with van der Waals surface area (Å²) in [5.41, 5.74) is 1.44. The molecule has 1 atom stereocenters. The first-order chi connectivity index (χ1) is 9.09. The predicted octanol–water partition coefficient (Wildman–Crippen LogP) is 2.65. The second kappa shape index (κ2) is 5.44. The lowest BCUT2D eigenvalue weighted by Crippen LogP contribution is -2.30. The summed E-state index contributed by atoms with van der Waals surface area (Å²) in [4.78, 5) is 13.2. The van der Waals surface area contributed by atoms with Gasteiger partial charge >= 0.3 is 5.97 Å². The number of aromatic hydroxyl groups is 1. The molecule has 0 heterocycles. The third-order valence-corrected chi connectivity index (χ3v) is 2.99. The highest BCUT2D eigenvalue weighted by atomic mass is 16.4. The van der Waals surface area contributed by atoms with E-state index >= 15 is 0 Å². The molecule has 0 amide bonds. The quantitative estimate of drug-likeness (QED) is 0.884. The minimum atomic E-state index is -0.915. The third kappa shape index (κ3) is 2.85. The van der Waals surface area contributed by atoms with Crippen LogP contribution >= 0.6 is 0 Å². The van der Waals surface area contributed by atoms with Crippen LogP contribution in [0.3, 0.4) is 0 Å². The van der Waals surface area contributed by atoms with Crippen LogP contribution in [0.15, 0.2) is 54.6 Å². The Hall–Kier alpha value is -2.49. The molecule has 0 spiro atoms. The topological polar surface area (TPSA) is 60.8 Å². The van der Waals surface area contributed by atoms with Crippen molar-refractivity contribution in [3.63, 3.8) is 0 Å². The van der Waals surface area contributed by atoms with E-state index in [4.69, 9.17) is 0 Å². The number of rotatable bonds is 4. The summed E-state index contributed by atoms with van der Waals surface area (Å²) in [5, 5.41) is 18.7. The monoisotopic (exact) mass is 257 g/mol. The van der Waals surface area contributed by atoms with Crippen LogP contribution in [0.4, 0.5) is 5.69 Å². The van der Waals surface area contributed by atoms with Crippen LogP contribution in [0.25, 0.3) is 0 Å². The Morgan fingerprint density at radius 2 is 1.63 bits per heavy atom. The number of carbonyl (C=O) groups is 1. The number of carboxylic acid groups (broad SMARTS) is 1. The standard InChI is InChI=1S/C15H15NO3/c1-16(12-7-9-13(17)10-8-12)14(15(18)19)11-5-3-2-4-6-11/h2-10,14,17H,1H3,(H,18,19). The van der Waals surface area contributed by atoms with Gasteiger partial charge in [-0.3, -0.25) is 0 Å². The van der Waals surface area contributed by atoms with Gasteiger partial charge in [0.15, 0.2) is 6.04 Å². The molecule has 2 N–H and O–H groups in total. The Kier molecular flexibility index (Phi) is 3.71. The van der Waals surface area contributed by atoms with Crippen LogP contribution < -0.4 is 4.90 Å². The van der Waals surface area contributed by atoms with E-state index in [0.29, 0.717) is 5.56 Å². The molecule has 19 heavy (non-hydrogen) atoms. The van der Waals surface area contributed by atoms with Crippen LogP contribution in [0.1, 0.15) is 11.6 Å². The Morgan fingerprint density at radius 3 is 2.16 bits per heavy atom. The van der Waals surface area contributed by atoms with E-state index in [0.717, 1.165) is 5.69 Å². The van der Waals surface area contributed by atoms with Crippen molar-refractivity contribution in [2.75, 3.05) is 11.9 Å². The minimum absolute atomic E-state index is 0.156. The molecular weight excluding hydrogens is 242 g/mol. The lowest BCUT2D eigenvalue weighted by molar-refractivity contribution is -0.138. The highest BCUT2D eigenvalue weighted by Crippen LogP contribution is 2.27. The fourth-order valence-corrected chi connectivity index (χ4v) is 2.00. The molecule has 0 saturated heterocycles. The fourth-order valence-electron chi connectivity index (χ4n) is 2.00. The predicted molar refractivity (Wildman–Crippen MR) is 73.3 cm³/mol. The summed E-state index contributed by atoms with van der Waals surface area (Å²) in [5.74, 6) is -0.759. The van der Waals surface area contributed by atoms with E-state index in [1.54, 1.807) is 36.2 Å². The van der Waals surface area contributed by atoms with E-state index in [1.165, 1.54) is 12.1 Å². The maximum absolute atomic E-state index is 11.5. The average Bonchev–Trinajstić information content (AvgIpc) is 2.40. The normalized spacial score (nSPS) is 11.8. The van der Waals surface area contributed by atoms with Gasteiger partial charge in [-0.05, 0) is 29.8 Å². The number of likely N-dealkylation sites (N-methyl/N-ethyl adjacent to an activating group) is 1. The largest absolute Gasteiger partial charge is 0.508 e. The molecule has 0 radical (unpaired) electrons. The van der Waals surface area contributed by atoms with Gasteiger partial charge in [0.25, 0.3) is 0 Å². The fraction of sp³-hybridized carbons (Fsp3) is 0.133. The van der Waals surface area contributed by atoms with Gasteiger partial charge in [0, 0.05) is 12.7 Å². The van der Waals surface area contributed by atoms with Gasteiger partial charge in [-0.1, -0.05) is 30.3 Å². The molecule has 0 fully saturated rings. The lowest BCUT2D eigenvalue weighted by Gasteiger charge is -2.27. The van der Waals surface area contributed by atoms with Crippen LogP contribution in [-0.4, -0.2) is 23.2 Å². The Bertz CT molecular complexity index is 551. The summed E-state index contributed by atoms with van der Waals surface area (Å²) in [6, 6.07) is 14.7. The van der Waals surface area contributed by atoms with E-state index in [-0.39, 0.29) is 5.75 Å². The van der Waals surface area contributed by atoms with Crippen molar-refractivity contribution in [3.05, 3.63) is 60.2 Å². The van der Waals surface area contributed by atoms with Gasteiger partial charge in [0.05, 0.1) is 0 Å². The van der Waals surface area contributed by atoms with Gasteiger partial charge in [-0.2, -0.15) is 0 Å². The molecule has 4 heteroatoms. The SMILES string of the molecule is CN(c1ccc(O)cc1)C(C(=O)O)c1ccccc1. The zero-order valence-corrected chi connectivity index (χ0v) is 10.5. The van der Waals surface area contributed by atoms with Crippen LogP contribution in [0.5, 0.6) is 5.75 Å². The van der Waals surface area contributed by atoms with Gasteiger partial charge in [0.2, 0.25) is 0 Å². The number of phenolic OH excluding ortho intramolecular Hbond substituents is 1. The molecule has 0 aliphatic rings. The first-order valence-corrected chi connectivity index (χ1v) is 5.89. The van der Waals surface area contributed by atoms with E-state index in [1.807, 2.05) is 18.2 Å². The Labute approximate surface area is 111 Å². The number of aliphatic carboxylic acids is 1. The first-order valence-electron chi connectivity index (χ1n) is 5.89. The Morgan fingerprint density at radius 1 is 1.05 bits per heavy atom. The highest BCUT2D eigenvalue weighted by molar-refractivity contribution is 5.80. The van der Waals surface area contributed by atoms with Crippen molar-refractivity contribution in [2.45, 2.75) is 6.04 Å². The number of benzene rings is 2. The summed E-state index contributed by atoms with van der Waals surface area (Å²) < 4.78 is 0. The maximum Gasteiger partial charge on any atom is 0.331 e. The second-order valence-corrected chi connectivity index (χ2v) is 4.28. The molecule has 1 unspecified atom stereocenters. The number of nitrogens with zero attached hydrogens (tertiary/aromatic N) is 1. The number of carboxylic acids is 1. The zero-order chi connectivity index (χ0) is 13.8. The zero-order valence-electron chi connectivity index (χ0n) is 10.5. The van der Waals surface area contributed by atoms with Crippen LogP contribution in [0, 0.1) is 0 Å². The molecule has 4 nitrogen and oxygen atoms in total. The second-order valence-electron chi connectivity index (χ2n) is 4.28. The van der Waals surface area contributed by atoms with Gasteiger partial charge in [0.1, 0.15) is 5.75 Å². The number of hydrogen-bond donors (Lipinski definition) is 2. The van der Waals surface area contributed by atoms with Crippen molar-refractivity contribution in [3.8, 4) is 5.75 Å². The lowest BCUT2D eigenvalue weighted by atomic mass is 10.1. The average molecular weight is 257 g/mol. The molecule has 0 aliphatic carbocycles. The van der Waals surface area contributed by atoms with Crippen LogP contribution in [-0.2, 0) is 4.79 Å². The molecule has 0 saturated carbocycles. The van der Waals surface area contributed by atoms with Crippen molar-refractivity contribution < 1.29 is 15.0 Å². The van der Waals surface area contributed by atoms with Crippen LogP contribution in [0.2, 0.25) is 0 Å². The molecule has 0 aromatic heterocycles. The summed E-state index contributed by atoms with van der Waals surface area (Å²) in [6.45, 7) is 0. The smallest absolute Gasteiger partial charge is 0.331 e. The van der Waals surface area contributed by atoms with Crippen molar-refractivity contribution in [1.29, 1.82) is 0 Å². The maximum atomic E-state index is 11.5. The molecule has 2 aromatic carbocycles.